The summed E-state index contributed by atoms with van der Waals surface area (Å²) < 4.78 is 5.67. The molecule has 0 saturated heterocycles. The fourth-order valence-electron chi connectivity index (χ4n) is 3.38. The van der Waals surface area contributed by atoms with Crippen molar-refractivity contribution in [3.05, 3.63) is 77.4 Å². The zero-order valence-electron chi connectivity index (χ0n) is 19.0. The van der Waals surface area contributed by atoms with E-state index in [1.54, 1.807) is 0 Å². The van der Waals surface area contributed by atoms with Crippen molar-refractivity contribution in [1.29, 1.82) is 0 Å². The van der Waals surface area contributed by atoms with E-state index in [0.717, 1.165) is 23.3 Å². The molecule has 1 nitrogen and oxygen atoms in total. The average molecular weight is 403 g/mol. The topological polar surface area (TPSA) is 9.23 Å². The van der Waals surface area contributed by atoms with Gasteiger partial charge in [0.2, 0.25) is 0 Å². The Kier molecular flexibility index (Phi) is 12.2. The fraction of sp³-hybridized carbons (Fsp3) is 0.448. The highest BCUT2D eigenvalue weighted by molar-refractivity contribution is 5.44. The van der Waals surface area contributed by atoms with Gasteiger partial charge in [0.05, 0.1) is 0 Å². The molecule has 0 fully saturated rings. The van der Waals surface area contributed by atoms with Crippen molar-refractivity contribution in [2.24, 2.45) is 0 Å². The van der Waals surface area contributed by atoms with Crippen LogP contribution in [0.4, 0.5) is 0 Å². The first kappa shape index (κ1) is 23.8. The van der Waals surface area contributed by atoms with E-state index in [1.165, 1.54) is 63.4 Å². The molecule has 0 aliphatic rings. The van der Waals surface area contributed by atoms with Gasteiger partial charge in [-0.15, -0.1) is 0 Å². The first-order valence-corrected chi connectivity index (χ1v) is 11.8. The van der Waals surface area contributed by atoms with Crippen LogP contribution in [0.15, 0.2) is 60.7 Å². The molecule has 0 aliphatic heterocycles. The van der Waals surface area contributed by atoms with Gasteiger partial charge in [-0.1, -0.05) is 94.9 Å². The smallest absolute Gasteiger partial charge is 0.119 e. The van der Waals surface area contributed by atoms with E-state index >= 15 is 0 Å². The molecule has 0 bridgehead atoms. The first-order valence-electron chi connectivity index (χ1n) is 11.8. The normalized spacial score (nSPS) is 10.7. The summed E-state index contributed by atoms with van der Waals surface area (Å²) in [4.78, 5) is 0. The zero-order valence-corrected chi connectivity index (χ0v) is 19.0. The van der Waals surface area contributed by atoms with Gasteiger partial charge in [-0.2, -0.15) is 0 Å². The molecule has 0 N–H and O–H groups in total. The Labute approximate surface area is 184 Å². The van der Waals surface area contributed by atoms with Crippen molar-refractivity contribution in [1.82, 2.24) is 0 Å². The highest BCUT2D eigenvalue weighted by Crippen LogP contribution is 2.13. The van der Waals surface area contributed by atoms with Gasteiger partial charge in [-0.05, 0) is 61.2 Å². The van der Waals surface area contributed by atoms with Crippen LogP contribution in [-0.2, 0) is 6.42 Å². The molecule has 0 spiro atoms. The number of benzene rings is 2. The highest BCUT2D eigenvalue weighted by Gasteiger charge is 1.96. The molecule has 0 heterocycles. The van der Waals surface area contributed by atoms with E-state index in [4.69, 9.17) is 4.74 Å². The molecule has 0 aliphatic carbocycles. The van der Waals surface area contributed by atoms with Gasteiger partial charge in [0.15, 0.2) is 0 Å². The molecule has 2 aromatic carbocycles. The number of ether oxygens (including phenoxy) is 1. The second-order valence-corrected chi connectivity index (χ2v) is 7.89. The van der Waals surface area contributed by atoms with Gasteiger partial charge >= 0.3 is 0 Å². The number of rotatable bonds is 13. The number of hydrogen-bond acceptors (Lipinski definition) is 1. The maximum absolute atomic E-state index is 5.67. The number of unbranched alkanes of at least 4 members (excludes halogenated alkanes) is 7. The molecule has 2 aromatic rings. The van der Waals surface area contributed by atoms with Crippen LogP contribution in [0, 0.1) is 11.8 Å². The third-order valence-corrected chi connectivity index (χ3v) is 5.23. The Hall–Kier alpha value is -2.46. The fourth-order valence-corrected chi connectivity index (χ4v) is 3.38. The van der Waals surface area contributed by atoms with E-state index in [-0.39, 0.29) is 0 Å². The summed E-state index contributed by atoms with van der Waals surface area (Å²) in [6.07, 6.45) is 17.3. The van der Waals surface area contributed by atoms with Crippen LogP contribution in [0.5, 0.6) is 5.75 Å². The average Bonchev–Trinajstić information content (AvgIpc) is 2.79. The van der Waals surface area contributed by atoms with Crippen LogP contribution in [0.25, 0.3) is 0 Å². The second kappa shape index (κ2) is 15.4. The Morgan fingerprint density at radius 1 is 0.667 bits per heavy atom. The van der Waals surface area contributed by atoms with Crippen LogP contribution in [-0.4, -0.2) is 6.61 Å². The molecule has 1 heteroatoms. The van der Waals surface area contributed by atoms with Gasteiger partial charge < -0.3 is 4.74 Å². The van der Waals surface area contributed by atoms with Crippen LogP contribution in [0.3, 0.4) is 0 Å². The van der Waals surface area contributed by atoms with E-state index in [2.05, 4.69) is 56.0 Å². The molecular weight excluding hydrogens is 364 g/mol. The van der Waals surface area contributed by atoms with Crippen LogP contribution in [0.2, 0.25) is 0 Å². The molecule has 2 rings (SSSR count). The van der Waals surface area contributed by atoms with Gasteiger partial charge in [0.1, 0.15) is 12.4 Å². The van der Waals surface area contributed by atoms with Crippen molar-refractivity contribution < 1.29 is 4.74 Å². The molecule has 0 atom stereocenters. The Bertz CT molecular complexity index is 772. The lowest BCUT2D eigenvalue weighted by Crippen LogP contribution is -1.92. The molecular formula is C29H38O. The predicted octanol–water partition coefficient (Wildman–Crippen LogP) is 8.11. The SMILES string of the molecule is CCC=CCOc1ccc(C#Cc2ccc(CCCCCCCCCC)cc2)cc1. The number of hydrogen-bond donors (Lipinski definition) is 0. The quantitative estimate of drug-likeness (QED) is 0.187. The molecule has 0 aromatic heterocycles. The standard InChI is InChI=1S/C29H38O/c1-3-5-7-8-9-10-11-12-14-26-15-17-27(18-16-26)19-20-28-21-23-29(24-22-28)30-25-13-6-4-2/h6,13,15-18,21-24H,3-5,7-12,14,25H2,1-2H3. The van der Waals surface area contributed by atoms with Crippen LogP contribution in [0.1, 0.15) is 88.3 Å². The molecule has 0 saturated carbocycles. The summed E-state index contributed by atoms with van der Waals surface area (Å²) in [6, 6.07) is 16.7. The molecule has 30 heavy (non-hydrogen) atoms. The van der Waals surface area contributed by atoms with Crippen molar-refractivity contribution >= 4 is 0 Å². The minimum Gasteiger partial charge on any atom is -0.490 e. The lowest BCUT2D eigenvalue weighted by Gasteiger charge is -2.03. The van der Waals surface area contributed by atoms with E-state index in [9.17, 15) is 0 Å². The monoisotopic (exact) mass is 402 g/mol. The Balaban J connectivity index is 1.70. The summed E-state index contributed by atoms with van der Waals surface area (Å²) in [7, 11) is 0. The summed E-state index contributed by atoms with van der Waals surface area (Å²) in [5.74, 6) is 7.39. The van der Waals surface area contributed by atoms with Crippen molar-refractivity contribution in [3.8, 4) is 17.6 Å². The molecule has 0 amide bonds. The van der Waals surface area contributed by atoms with E-state index < -0.39 is 0 Å². The Morgan fingerprint density at radius 2 is 1.23 bits per heavy atom. The van der Waals surface area contributed by atoms with Crippen LogP contribution >= 0.6 is 0 Å². The molecule has 160 valence electrons. The summed E-state index contributed by atoms with van der Waals surface area (Å²) in [5.41, 5.74) is 3.50. The third kappa shape index (κ3) is 10.4. The number of allylic oxidation sites excluding steroid dienone is 1. The Morgan fingerprint density at radius 3 is 1.83 bits per heavy atom. The van der Waals surface area contributed by atoms with Crippen LogP contribution < -0.4 is 4.74 Å². The second-order valence-electron chi connectivity index (χ2n) is 7.89. The number of aryl methyl sites for hydroxylation is 1. The zero-order chi connectivity index (χ0) is 21.3. The minimum absolute atomic E-state index is 0.615. The van der Waals surface area contributed by atoms with Gasteiger partial charge in [-0.25, -0.2) is 0 Å². The minimum atomic E-state index is 0.615. The lowest BCUT2D eigenvalue weighted by molar-refractivity contribution is 0.362. The van der Waals surface area contributed by atoms with Gasteiger partial charge in [0.25, 0.3) is 0 Å². The molecule has 0 unspecified atom stereocenters. The van der Waals surface area contributed by atoms with Crippen molar-refractivity contribution in [3.63, 3.8) is 0 Å². The van der Waals surface area contributed by atoms with Crippen molar-refractivity contribution in [2.75, 3.05) is 6.61 Å². The third-order valence-electron chi connectivity index (χ3n) is 5.23. The van der Waals surface area contributed by atoms with Gasteiger partial charge in [-0.3, -0.25) is 0 Å². The first-order chi connectivity index (χ1) is 14.8. The lowest BCUT2D eigenvalue weighted by atomic mass is 10.0. The largest absolute Gasteiger partial charge is 0.490 e. The highest BCUT2D eigenvalue weighted by atomic mass is 16.5. The maximum atomic E-state index is 5.67. The summed E-state index contributed by atoms with van der Waals surface area (Å²) in [6.45, 7) is 5.01. The molecule has 0 radical (unpaired) electrons. The maximum Gasteiger partial charge on any atom is 0.119 e. The predicted molar refractivity (Wildman–Crippen MR) is 130 cm³/mol. The van der Waals surface area contributed by atoms with Crippen molar-refractivity contribution in [2.45, 2.75) is 78.1 Å². The summed E-state index contributed by atoms with van der Waals surface area (Å²) >= 11 is 0. The van der Waals surface area contributed by atoms with E-state index in [0.29, 0.717) is 6.61 Å². The summed E-state index contributed by atoms with van der Waals surface area (Å²) in [5, 5.41) is 0. The van der Waals surface area contributed by atoms with Gasteiger partial charge in [0, 0.05) is 11.1 Å². The van der Waals surface area contributed by atoms with E-state index in [1.807, 2.05) is 30.3 Å².